The topological polar surface area (TPSA) is 163 Å². The predicted molar refractivity (Wildman–Crippen MR) is 65.5 cm³/mol. The van der Waals surface area contributed by atoms with E-state index < -0.39 is 17.8 Å². The number of aromatic hydroxyl groups is 2. The largest absolute Gasteiger partial charge is 0.507 e. The number of rotatable bonds is 0. The molecule has 2 rings (SSSR count). The van der Waals surface area contributed by atoms with E-state index in [0.29, 0.717) is 0 Å². The fraction of sp³-hybridized carbons (Fsp3) is 0.0833. The molecule has 1 aromatic carbocycles. The summed E-state index contributed by atoms with van der Waals surface area (Å²) in [5.74, 6) is -1.70. The van der Waals surface area contributed by atoms with Gasteiger partial charge in [0.2, 0.25) is 11.8 Å². The minimum Gasteiger partial charge on any atom is -0.507 e. The van der Waals surface area contributed by atoms with Crippen LogP contribution in [0.4, 0.5) is 4.79 Å². The molecule has 0 unspecified atom stereocenters. The van der Waals surface area contributed by atoms with Crippen molar-refractivity contribution in [1.82, 2.24) is 10.6 Å². The van der Waals surface area contributed by atoms with Crippen LogP contribution in [0.15, 0.2) is 12.1 Å². The summed E-state index contributed by atoms with van der Waals surface area (Å²) in [7, 11) is 0. The van der Waals surface area contributed by atoms with Crippen LogP contribution >= 0.6 is 0 Å². The third kappa shape index (κ3) is 3.94. The van der Waals surface area contributed by atoms with Crippen molar-refractivity contribution in [1.29, 1.82) is 10.5 Å². The molecule has 1 aliphatic rings. The van der Waals surface area contributed by atoms with Crippen molar-refractivity contribution in [2.45, 2.75) is 6.42 Å². The van der Waals surface area contributed by atoms with Crippen LogP contribution in [0.3, 0.4) is 0 Å². The first-order valence-corrected chi connectivity index (χ1v) is 5.37. The van der Waals surface area contributed by atoms with Crippen LogP contribution in [0.25, 0.3) is 0 Å². The number of carbonyl (C=O) groups is 3. The molecule has 0 bridgehead atoms. The van der Waals surface area contributed by atoms with Gasteiger partial charge in [0.25, 0.3) is 0 Å². The first kappa shape index (κ1) is 15.5. The molecule has 1 fully saturated rings. The Hall–Kier alpha value is -3.59. The molecule has 0 saturated carbocycles. The highest BCUT2D eigenvalue weighted by molar-refractivity contribution is 6.14. The van der Waals surface area contributed by atoms with Crippen molar-refractivity contribution in [2.24, 2.45) is 0 Å². The van der Waals surface area contributed by atoms with Crippen LogP contribution in [0.2, 0.25) is 0 Å². The molecule has 0 atom stereocenters. The molecule has 0 aliphatic carbocycles. The molecule has 1 saturated heterocycles. The number of urea groups is 1. The minimum atomic E-state index is -0.740. The third-order valence-electron chi connectivity index (χ3n) is 2.21. The summed E-state index contributed by atoms with van der Waals surface area (Å²) in [6.45, 7) is 0. The number of hydrogen-bond donors (Lipinski definition) is 4. The SMILES string of the molecule is N#Cc1c(O)ccc(O)c1C#N.O=C1CC(=O)NC(=O)N1. The molecule has 0 aromatic heterocycles. The van der Waals surface area contributed by atoms with Crippen molar-refractivity contribution in [3.63, 3.8) is 0 Å². The number of barbiturate groups is 1. The zero-order valence-corrected chi connectivity index (χ0v) is 10.4. The Morgan fingerprint density at radius 1 is 0.905 bits per heavy atom. The van der Waals surface area contributed by atoms with E-state index in [1.54, 1.807) is 12.1 Å². The molecule has 9 heteroatoms. The van der Waals surface area contributed by atoms with Gasteiger partial charge < -0.3 is 10.2 Å². The highest BCUT2D eigenvalue weighted by Gasteiger charge is 2.20. The quantitative estimate of drug-likeness (QED) is 0.372. The molecule has 1 heterocycles. The van der Waals surface area contributed by atoms with Crippen molar-refractivity contribution in [3.05, 3.63) is 23.3 Å². The summed E-state index contributed by atoms with van der Waals surface area (Å²) in [6, 6.07) is 4.83. The van der Waals surface area contributed by atoms with Gasteiger partial charge in [0.05, 0.1) is 0 Å². The van der Waals surface area contributed by atoms with E-state index >= 15 is 0 Å². The average Bonchev–Trinajstić information content (AvgIpc) is 2.40. The van der Waals surface area contributed by atoms with Gasteiger partial charge in [-0.05, 0) is 12.1 Å². The summed E-state index contributed by atoms with van der Waals surface area (Å²) >= 11 is 0. The van der Waals surface area contributed by atoms with E-state index in [1.807, 2.05) is 10.6 Å². The predicted octanol–water partition coefficient (Wildman–Crippen LogP) is -0.416. The Labute approximate surface area is 118 Å². The van der Waals surface area contributed by atoms with Crippen LogP contribution in [-0.4, -0.2) is 28.1 Å². The number of amides is 4. The fourth-order valence-corrected chi connectivity index (χ4v) is 1.33. The van der Waals surface area contributed by atoms with Crippen LogP contribution in [0, 0.1) is 22.7 Å². The van der Waals surface area contributed by atoms with Gasteiger partial charge in [-0.3, -0.25) is 20.2 Å². The highest BCUT2D eigenvalue weighted by Crippen LogP contribution is 2.26. The van der Waals surface area contributed by atoms with Gasteiger partial charge >= 0.3 is 6.03 Å². The highest BCUT2D eigenvalue weighted by atomic mass is 16.3. The van der Waals surface area contributed by atoms with E-state index in [2.05, 4.69) is 0 Å². The average molecular weight is 288 g/mol. The van der Waals surface area contributed by atoms with Crippen molar-refractivity contribution < 1.29 is 24.6 Å². The fourth-order valence-electron chi connectivity index (χ4n) is 1.33. The normalized spacial score (nSPS) is 13.0. The first-order valence-electron chi connectivity index (χ1n) is 5.37. The van der Waals surface area contributed by atoms with Gasteiger partial charge in [0.1, 0.15) is 41.2 Å². The monoisotopic (exact) mass is 288 g/mol. The van der Waals surface area contributed by atoms with Gasteiger partial charge in [0.15, 0.2) is 0 Å². The molecule has 0 radical (unpaired) electrons. The molecule has 106 valence electrons. The number of hydrogen-bond acceptors (Lipinski definition) is 7. The summed E-state index contributed by atoms with van der Waals surface area (Å²) in [4.78, 5) is 30.8. The summed E-state index contributed by atoms with van der Waals surface area (Å²) in [6.07, 6.45) is -0.258. The lowest BCUT2D eigenvalue weighted by molar-refractivity contribution is -0.129. The second-order valence-electron chi connectivity index (χ2n) is 3.68. The van der Waals surface area contributed by atoms with E-state index in [9.17, 15) is 14.4 Å². The van der Waals surface area contributed by atoms with E-state index in [0.717, 1.165) is 12.1 Å². The van der Waals surface area contributed by atoms with Gasteiger partial charge in [-0.1, -0.05) is 0 Å². The van der Waals surface area contributed by atoms with Gasteiger partial charge in [-0.2, -0.15) is 10.5 Å². The summed E-state index contributed by atoms with van der Waals surface area (Å²) in [5.41, 5.74) is -0.394. The minimum absolute atomic E-state index is 0.197. The lowest BCUT2D eigenvalue weighted by atomic mass is 10.1. The molecule has 4 N–H and O–H groups in total. The van der Waals surface area contributed by atoms with Gasteiger partial charge in [-0.25, -0.2) is 4.79 Å². The standard InChI is InChI=1S/C8H4N2O2.C4H4N2O3/c9-3-5-6(4-10)8(12)2-1-7(5)11;7-2-1-3(8)6-4(9)5-2/h1-2,11-12H;1H2,(H2,5,6,7,8,9). The van der Waals surface area contributed by atoms with Gasteiger partial charge in [-0.15, -0.1) is 0 Å². The number of nitrogens with zero attached hydrogens (tertiary/aromatic N) is 2. The molecule has 9 nitrogen and oxygen atoms in total. The Morgan fingerprint density at radius 2 is 1.29 bits per heavy atom. The van der Waals surface area contributed by atoms with Crippen LogP contribution in [0.5, 0.6) is 11.5 Å². The van der Waals surface area contributed by atoms with E-state index in [4.69, 9.17) is 20.7 Å². The number of nitrogens with one attached hydrogen (secondary N) is 2. The van der Waals surface area contributed by atoms with E-state index in [-0.39, 0.29) is 29.0 Å². The second kappa shape index (κ2) is 6.54. The first-order chi connectivity index (χ1) is 9.88. The zero-order valence-electron chi connectivity index (χ0n) is 10.4. The Morgan fingerprint density at radius 3 is 1.57 bits per heavy atom. The number of phenolic OH excluding ortho intramolecular Hbond substituents is 2. The molecular formula is C12H8N4O5. The lowest BCUT2D eigenvalue weighted by Gasteiger charge is -2.09. The van der Waals surface area contributed by atoms with Crippen LogP contribution in [-0.2, 0) is 9.59 Å². The maximum atomic E-state index is 10.3. The van der Waals surface area contributed by atoms with Gasteiger partial charge in [0, 0.05) is 0 Å². The maximum absolute atomic E-state index is 10.3. The van der Waals surface area contributed by atoms with Crippen LogP contribution < -0.4 is 10.6 Å². The molecule has 1 aliphatic heterocycles. The number of benzene rings is 1. The smallest absolute Gasteiger partial charge is 0.328 e. The lowest BCUT2D eigenvalue weighted by Crippen LogP contribution is -2.49. The Bertz CT molecular complexity index is 615. The second-order valence-corrected chi connectivity index (χ2v) is 3.68. The molecular weight excluding hydrogens is 280 g/mol. The third-order valence-corrected chi connectivity index (χ3v) is 2.21. The molecule has 21 heavy (non-hydrogen) atoms. The zero-order chi connectivity index (χ0) is 16.0. The number of nitriles is 2. The van der Waals surface area contributed by atoms with Crippen molar-refractivity contribution in [2.75, 3.05) is 0 Å². The Kier molecular flexibility index (Phi) is 4.82. The number of phenols is 2. The van der Waals surface area contributed by atoms with Crippen molar-refractivity contribution >= 4 is 17.8 Å². The number of carbonyl (C=O) groups excluding carboxylic acids is 3. The molecule has 4 amide bonds. The summed E-state index contributed by atoms with van der Waals surface area (Å²) in [5, 5.41) is 38.9. The maximum Gasteiger partial charge on any atom is 0.328 e. The molecule has 1 aromatic rings. The van der Waals surface area contributed by atoms with Crippen molar-refractivity contribution in [3.8, 4) is 23.6 Å². The Balaban J connectivity index is 0.000000219. The summed E-state index contributed by atoms with van der Waals surface area (Å²) < 4.78 is 0. The molecule has 0 spiro atoms. The van der Waals surface area contributed by atoms with Crippen LogP contribution in [0.1, 0.15) is 17.5 Å². The van der Waals surface area contributed by atoms with E-state index in [1.165, 1.54) is 0 Å². The number of imide groups is 2.